The number of esters is 2. The Balaban J connectivity index is 2.60. The highest BCUT2D eigenvalue weighted by Gasteiger charge is 2.44. The van der Waals surface area contributed by atoms with Gasteiger partial charge in [0.25, 0.3) is 0 Å². The molecule has 0 aromatic heterocycles. The molecule has 0 aromatic rings. The summed E-state index contributed by atoms with van der Waals surface area (Å²) in [5, 5.41) is 2.91. The Bertz CT molecular complexity index is 276. The van der Waals surface area contributed by atoms with E-state index in [0.29, 0.717) is 18.7 Å². The smallest absolute Gasteiger partial charge is 0.361 e. The first-order valence-corrected chi connectivity index (χ1v) is 5.86. The van der Waals surface area contributed by atoms with Crippen LogP contribution in [0.2, 0.25) is 0 Å². The zero-order chi connectivity index (χ0) is 12.2. The van der Waals surface area contributed by atoms with Crippen molar-refractivity contribution in [2.24, 2.45) is 5.92 Å². The van der Waals surface area contributed by atoms with E-state index in [9.17, 15) is 9.59 Å². The fourth-order valence-corrected chi connectivity index (χ4v) is 1.65. The van der Waals surface area contributed by atoms with Crippen LogP contribution in [0.4, 0.5) is 0 Å². The molecule has 1 N–H and O–H groups in total. The molecule has 1 rings (SSSR count). The minimum absolute atomic E-state index is 0.347. The number of thiol groups is 1. The number of rotatable bonds is 4. The summed E-state index contributed by atoms with van der Waals surface area (Å²) in [5.41, 5.74) is -1.15. The van der Waals surface area contributed by atoms with Gasteiger partial charge in [-0.3, -0.25) is 10.1 Å². The monoisotopic (exact) mass is 247 g/mol. The van der Waals surface area contributed by atoms with Gasteiger partial charge < -0.3 is 9.47 Å². The summed E-state index contributed by atoms with van der Waals surface area (Å²) >= 11 is 3.97. The van der Waals surface area contributed by atoms with Crippen molar-refractivity contribution >= 4 is 24.6 Å². The van der Waals surface area contributed by atoms with E-state index in [1.165, 1.54) is 7.11 Å². The van der Waals surface area contributed by atoms with Gasteiger partial charge in [-0.25, -0.2) is 4.79 Å². The molecule has 0 amide bonds. The molecule has 1 aliphatic heterocycles. The Labute approximate surface area is 100 Å². The summed E-state index contributed by atoms with van der Waals surface area (Å²) in [5.74, 6) is -1.28. The van der Waals surface area contributed by atoms with Gasteiger partial charge in [-0.15, -0.1) is 0 Å². The normalized spacial score (nSPS) is 26.4. The summed E-state index contributed by atoms with van der Waals surface area (Å²) in [6, 6.07) is 0. The number of carbonyl (C=O) groups is 2. The maximum absolute atomic E-state index is 11.8. The lowest BCUT2D eigenvalue weighted by Gasteiger charge is -2.24. The van der Waals surface area contributed by atoms with Crippen molar-refractivity contribution in [1.29, 1.82) is 0 Å². The molecule has 16 heavy (non-hydrogen) atoms. The minimum atomic E-state index is -1.15. The highest BCUT2D eigenvalue weighted by Crippen LogP contribution is 2.22. The summed E-state index contributed by atoms with van der Waals surface area (Å²) in [7, 11) is 1.42. The summed E-state index contributed by atoms with van der Waals surface area (Å²) in [6.07, 6.45) is 1.34. The van der Waals surface area contributed by atoms with Crippen LogP contribution in [0.25, 0.3) is 0 Å². The van der Waals surface area contributed by atoms with Crippen LogP contribution in [0.15, 0.2) is 0 Å². The maximum Gasteiger partial charge on any atom is 0.361 e. The molecule has 5 nitrogen and oxygen atoms in total. The summed E-state index contributed by atoms with van der Waals surface area (Å²) in [4.78, 5) is 23.2. The zero-order valence-corrected chi connectivity index (χ0v) is 10.4. The second-order valence-electron chi connectivity index (χ2n) is 3.85. The van der Waals surface area contributed by atoms with Gasteiger partial charge in [0.1, 0.15) is 0 Å². The van der Waals surface area contributed by atoms with E-state index in [1.807, 2.05) is 0 Å². The first-order valence-electron chi connectivity index (χ1n) is 5.23. The van der Waals surface area contributed by atoms with E-state index in [4.69, 9.17) is 9.47 Å². The Morgan fingerprint density at radius 1 is 1.56 bits per heavy atom. The van der Waals surface area contributed by atoms with Gasteiger partial charge in [-0.05, 0) is 13.0 Å². The number of hydrogen-bond donors (Lipinski definition) is 2. The highest BCUT2D eigenvalue weighted by molar-refractivity contribution is 7.80. The van der Waals surface area contributed by atoms with Crippen LogP contribution in [0.1, 0.15) is 19.8 Å². The minimum Gasteiger partial charge on any atom is -0.390 e. The molecule has 1 aliphatic rings. The number of ether oxygens (including phenoxy) is 2. The average Bonchev–Trinajstić information content (AvgIpc) is 2.77. The zero-order valence-electron chi connectivity index (χ0n) is 9.49. The third-order valence-electron chi connectivity index (χ3n) is 2.66. The second kappa shape index (κ2) is 5.65. The van der Waals surface area contributed by atoms with Gasteiger partial charge >= 0.3 is 11.9 Å². The maximum atomic E-state index is 11.8. The lowest BCUT2D eigenvalue weighted by Crippen LogP contribution is -2.51. The fraction of sp³-hybridized carbons (Fsp3) is 0.800. The molecule has 1 unspecified atom stereocenters. The van der Waals surface area contributed by atoms with Crippen LogP contribution in [-0.2, 0) is 19.1 Å². The predicted molar refractivity (Wildman–Crippen MR) is 61.1 cm³/mol. The molecule has 0 aliphatic carbocycles. The molecule has 92 valence electrons. The van der Waals surface area contributed by atoms with Crippen molar-refractivity contribution in [3.63, 3.8) is 0 Å². The molecule has 6 heteroatoms. The van der Waals surface area contributed by atoms with Gasteiger partial charge in [0.2, 0.25) is 5.72 Å². The van der Waals surface area contributed by atoms with Crippen molar-refractivity contribution in [3.05, 3.63) is 0 Å². The van der Waals surface area contributed by atoms with Crippen molar-refractivity contribution in [1.82, 2.24) is 5.32 Å². The van der Waals surface area contributed by atoms with Gasteiger partial charge in [0.15, 0.2) is 0 Å². The van der Waals surface area contributed by atoms with Gasteiger partial charge in [0.05, 0.1) is 5.92 Å². The molecule has 1 saturated heterocycles. The van der Waals surface area contributed by atoms with E-state index in [2.05, 4.69) is 17.9 Å². The van der Waals surface area contributed by atoms with Crippen LogP contribution in [0.5, 0.6) is 0 Å². The van der Waals surface area contributed by atoms with E-state index >= 15 is 0 Å². The Kier molecular flexibility index (Phi) is 4.76. The first kappa shape index (κ1) is 13.5. The second-order valence-corrected chi connectivity index (χ2v) is 4.22. The molecule has 1 heterocycles. The van der Waals surface area contributed by atoms with Crippen molar-refractivity contribution in [3.8, 4) is 0 Å². The molecular weight excluding hydrogens is 230 g/mol. The Morgan fingerprint density at radius 2 is 2.25 bits per heavy atom. The fourth-order valence-electron chi connectivity index (χ4n) is 1.50. The molecule has 0 spiro atoms. The van der Waals surface area contributed by atoms with E-state index in [-0.39, 0.29) is 0 Å². The molecule has 2 atom stereocenters. The predicted octanol–water partition coefficient (Wildman–Crippen LogP) is 0.348. The molecule has 0 bridgehead atoms. The van der Waals surface area contributed by atoms with Crippen LogP contribution in [-0.4, -0.2) is 37.1 Å². The van der Waals surface area contributed by atoms with E-state index in [1.54, 1.807) is 6.92 Å². The van der Waals surface area contributed by atoms with Gasteiger partial charge in [-0.1, -0.05) is 6.92 Å². The first-order chi connectivity index (χ1) is 7.55. The standard InChI is InChI=1S/C10H17NO4S/c1-7(6-16)8(12)15-9(13)10(14-2)4-3-5-11-10/h7,11,16H,3-6H2,1-2H3/t7?,10-/m1/s1. The van der Waals surface area contributed by atoms with E-state index < -0.39 is 23.6 Å². The molecule has 0 aromatic carbocycles. The lowest BCUT2D eigenvalue weighted by molar-refractivity contribution is -0.180. The number of nitrogens with one attached hydrogen (secondary N) is 1. The lowest BCUT2D eigenvalue weighted by atomic mass is 10.1. The summed E-state index contributed by atoms with van der Waals surface area (Å²) < 4.78 is 9.88. The SMILES string of the molecule is CO[C@@]1(C(=O)OC(=O)C(C)CS)CCCN1. The Morgan fingerprint density at radius 3 is 2.69 bits per heavy atom. The third kappa shape index (κ3) is 2.75. The van der Waals surface area contributed by atoms with Crippen LogP contribution in [0, 0.1) is 5.92 Å². The largest absolute Gasteiger partial charge is 0.390 e. The third-order valence-corrected chi connectivity index (χ3v) is 3.21. The Hall–Kier alpha value is -0.590. The van der Waals surface area contributed by atoms with Crippen molar-refractivity contribution in [2.75, 3.05) is 19.4 Å². The highest BCUT2D eigenvalue weighted by atomic mass is 32.1. The molecule has 0 saturated carbocycles. The number of methoxy groups -OCH3 is 1. The van der Waals surface area contributed by atoms with E-state index in [0.717, 1.165) is 6.42 Å². The topological polar surface area (TPSA) is 64.6 Å². The quantitative estimate of drug-likeness (QED) is 0.426. The number of carbonyl (C=O) groups excluding carboxylic acids is 2. The van der Waals surface area contributed by atoms with Crippen molar-refractivity contribution in [2.45, 2.75) is 25.5 Å². The molecule has 0 radical (unpaired) electrons. The average molecular weight is 247 g/mol. The van der Waals surface area contributed by atoms with Gasteiger partial charge in [-0.2, -0.15) is 12.6 Å². The molecular formula is C10H17NO4S. The number of hydrogen-bond acceptors (Lipinski definition) is 6. The van der Waals surface area contributed by atoms with Crippen LogP contribution >= 0.6 is 12.6 Å². The van der Waals surface area contributed by atoms with Crippen molar-refractivity contribution < 1.29 is 19.1 Å². The molecule has 1 fully saturated rings. The summed E-state index contributed by atoms with van der Waals surface area (Å²) in [6.45, 7) is 2.34. The van der Waals surface area contributed by atoms with Gasteiger partial charge in [0, 0.05) is 19.3 Å². The van der Waals surface area contributed by atoms with Crippen LogP contribution < -0.4 is 5.32 Å². The van der Waals surface area contributed by atoms with Crippen LogP contribution in [0.3, 0.4) is 0 Å².